The SMILES string of the molecule is OCCCNc1nc(Cl)nc2scc(-c3ccccc3)c12. The lowest BCUT2D eigenvalue weighted by Gasteiger charge is -2.08. The van der Waals surface area contributed by atoms with E-state index in [1.807, 2.05) is 18.2 Å². The maximum atomic E-state index is 8.91. The van der Waals surface area contributed by atoms with E-state index in [4.69, 9.17) is 16.7 Å². The molecule has 3 rings (SSSR count). The number of aliphatic hydroxyl groups is 1. The Labute approximate surface area is 131 Å². The van der Waals surface area contributed by atoms with Gasteiger partial charge in [0.25, 0.3) is 0 Å². The van der Waals surface area contributed by atoms with E-state index in [0.717, 1.165) is 27.2 Å². The number of aromatic nitrogens is 2. The summed E-state index contributed by atoms with van der Waals surface area (Å²) in [6.07, 6.45) is 0.661. The van der Waals surface area contributed by atoms with Gasteiger partial charge < -0.3 is 10.4 Å². The first-order valence-electron chi connectivity index (χ1n) is 6.64. The number of benzene rings is 1. The quantitative estimate of drug-likeness (QED) is 0.554. The number of nitrogens with one attached hydrogen (secondary N) is 1. The molecule has 0 bridgehead atoms. The molecule has 0 unspecified atom stereocenters. The number of fused-ring (bicyclic) bond motifs is 1. The summed E-state index contributed by atoms with van der Waals surface area (Å²) < 4.78 is 0. The fourth-order valence-electron chi connectivity index (χ4n) is 2.16. The molecule has 1 aromatic carbocycles. The van der Waals surface area contributed by atoms with Gasteiger partial charge in [-0.05, 0) is 23.6 Å². The van der Waals surface area contributed by atoms with Gasteiger partial charge in [-0.3, -0.25) is 0 Å². The van der Waals surface area contributed by atoms with Crippen LogP contribution in [0.15, 0.2) is 35.7 Å². The number of rotatable bonds is 5. The minimum atomic E-state index is 0.143. The topological polar surface area (TPSA) is 58.0 Å². The average molecular weight is 320 g/mol. The Morgan fingerprint density at radius 2 is 2.00 bits per heavy atom. The molecule has 0 saturated carbocycles. The Bertz CT molecular complexity index is 745. The lowest BCUT2D eigenvalue weighted by Crippen LogP contribution is -2.06. The summed E-state index contributed by atoms with van der Waals surface area (Å²) in [6, 6.07) is 10.1. The number of nitrogens with zero attached hydrogens (tertiary/aromatic N) is 2. The second-order valence-corrected chi connectivity index (χ2v) is 5.74. The molecule has 0 aliphatic carbocycles. The molecule has 2 heterocycles. The molecular formula is C15H14ClN3OS. The van der Waals surface area contributed by atoms with E-state index in [1.54, 1.807) is 11.3 Å². The summed E-state index contributed by atoms with van der Waals surface area (Å²) in [6.45, 7) is 0.785. The molecule has 0 aliphatic rings. The van der Waals surface area contributed by atoms with Crippen LogP contribution in [-0.4, -0.2) is 28.2 Å². The number of aliphatic hydroxyl groups excluding tert-OH is 1. The first-order valence-corrected chi connectivity index (χ1v) is 7.90. The number of hydrogen-bond acceptors (Lipinski definition) is 5. The van der Waals surface area contributed by atoms with E-state index in [2.05, 4.69) is 32.8 Å². The lowest BCUT2D eigenvalue weighted by atomic mass is 10.1. The Kier molecular flexibility index (Phi) is 4.34. The highest BCUT2D eigenvalue weighted by atomic mass is 35.5. The molecule has 0 amide bonds. The van der Waals surface area contributed by atoms with Crippen molar-refractivity contribution in [2.24, 2.45) is 0 Å². The Morgan fingerprint density at radius 1 is 1.19 bits per heavy atom. The predicted octanol–water partition coefficient (Wildman–Crippen LogP) is 3.81. The minimum absolute atomic E-state index is 0.143. The number of hydrogen-bond donors (Lipinski definition) is 2. The van der Waals surface area contributed by atoms with Gasteiger partial charge in [-0.25, -0.2) is 9.97 Å². The molecule has 4 nitrogen and oxygen atoms in total. The van der Waals surface area contributed by atoms with Crippen molar-refractivity contribution in [1.82, 2.24) is 9.97 Å². The highest BCUT2D eigenvalue weighted by molar-refractivity contribution is 7.17. The van der Waals surface area contributed by atoms with Gasteiger partial charge in [-0.1, -0.05) is 30.3 Å². The summed E-state index contributed by atoms with van der Waals surface area (Å²) in [5.74, 6) is 0.721. The summed E-state index contributed by atoms with van der Waals surface area (Å²) in [5, 5.41) is 15.4. The number of anilines is 1. The van der Waals surface area contributed by atoms with Gasteiger partial charge >= 0.3 is 0 Å². The average Bonchev–Trinajstić information content (AvgIpc) is 2.92. The van der Waals surface area contributed by atoms with Crippen molar-refractivity contribution in [2.45, 2.75) is 6.42 Å². The molecule has 0 fully saturated rings. The Hall–Kier alpha value is -1.69. The molecular weight excluding hydrogens is 306 g/mol. The Balaban J connectivity index is 2.10. The smallest absolute Gasteiger partial charge is 0.225 e. The summed E-state index contributed by atoms with van der Waals surface area (Å²) in [7, 11) is 0. The van der Waals surface area contributed by atoms with E-state index in [1.165, 1.54) is 0 Å². The molecule has 108 valence electrons. The second-order valence-electron chi connectivity index (χ2n) is 4.54. The first-order chi connectivity index (χ1) is 10.3. The van der Waals surface area contributed by atoms with E-state index < -0.39 is 0 Å². The zero-order valence-electron chi connectivity index (χ0n) is 11.2. The van der Waals surface area contributed by atoms with Crippen molar-refractivity contribution in [3.63, 3.8) is 0 Å². The van der Waals surface area contributed by atoms with Gasteiger partial charge in [-0.15, -0.1) is 11.3 Å². The van der Waals surface area contributed by atoms with Gasteiger partial charge in [0, 0.05) is 24.1 Å². The molecule has 0 spiro atoms. The summed E-state index contributed by atoms with van der Waals surface area (Å²) in [5.41, 5.74) is 2.22. The largest absolute Gasteiger partial charge is 0.396 e. The van der Waals surface area contributed by atoms with Gasteiger partial charge in [0.15, 0.2) is 0 Å². The van der Waals surface area contributed by atoms with Crippen molar-refractivity contribution in [3.8, 4) is 11.1 Å². The third-order valence-electron chi connectivity index (χ3n) is 3.12. The van der Waals surface area contributed by atoms with Crippen molar-refractivity contribution in [1.29, 1.82) is 0 Å². The van der Waals surface area contributed by atoms with Gasteiger partial charge in [0.05, 0.1) is 5.39 Å². The zero-order chi connectivity index (χ0) is 14.7. The van der Waals surface area contributed by atoms with Crippen LogP contribution in [0.2, 0.25) is 5.28 Å². The number of thiophene rings is 1. The van der Waals surface area contributed by atoms with Crippen LogP contribution < -0.4 is 5.32 Å². The maximum Gasteiger partial charge on any atom is 0.225 e. The van der Waals surface area contributed by atoms with Crippen LogP contribution in [0.1, 0.15) is 6.42 Å². The molecule has 21 heavy (non-hydrogen) atoms. The van der Waals surface area contributed by atoms with Crippen LogP contribution in [0.3, 0.4) is 0 Å². The van der Waals surface area contributed by atoms with Crippen LogP contribution in [0.25, 0.3) is 21.3 Å². The minimum Gasteiger partial charge on any atom is -0.396 e. The van der Waals surface area contributed by atoms with E-state index in [9.17, 15) is 0 Å². The van der Waals surface area contributed by atoms with Crippen LogP contribution >= 0.6 is 22.9 Å². The van der Waals surface area contributed by atoms with Gasteiger partial charge in [-0.2, -0.15) is 0 Å². The van der Waals surface area contributed by atoms with Gasteiger partial charge in [0.2, 0.25) is 5.28 Å². The van der Waals surface area contributed by atoms with Crippen molar-refractivity contribution in [3.05, 3.63) is 41.0 Å². The lowest BCUT2D eigenvalue weighted by molar-refractivity contribution is 0.292. The van der Waals surface area contributed by atoms with E-state index in [0.29, 0.717) is 13.0 Å². The molecule has 2 N–H and O–H groups in total. The summed E-state index contributed by atoms with van der Waals surface area (Å²) >= 11 is 7.54. The van der Waals surface area contributed by atoms with Crippen LogP contribution in [-0.2, 0) is 0 Å². The maximum absolute atomic E-state index is 8.91. The van der Waals surface area contributed by atoms with Crippen molar-refractivity contribution in [2.75, 3.05) is 18.5 Å². The van der Waals surface area contributed by atoms with E-state index in [-0.39, 0.29) is 11.9 Å². The molecule has 0 aliphatic heterocycles. The second kappa shape index (κ2) is 6.39. The summed E-state index contributed by atoms with van der Waals surface area (Å²) in [4.78, 5) is 9.46. The molecule has 0 radical (unpaired) electrons. The predicted molar refractivity (Wildman–Crippen MR) is 88.1 cm³/mol. The van der Waals surface area contributed by atoms with Crippen LogP contribution in [0, 0.1) is 0 Å². The monoisotopic (exact) mass is 319 g/mol. The molecule has 6 heteroatoms. The highest BCUT2D eigenvalue weighted by Crippen LogP contribution is 2.37. The van der Waals surface area contributed by atoms with Gasteiger partial charge in [0.1, 0.15) is 10.6 Å². The third-order valence-corrected chi connectivity index (χ3v) is 4.16. The van der Waals surface area contributed by atoms with E-state index >= 15 is 0 Å². The molecule has 2 aromatic heterocycles. The third kappa shape index (κ3) is 3.00. The normalized spacial score (nSPS) is 11.0. The van der Waals surface area contributed by atoms with Crippen molar-refractivity contribution >= 4 is 39.0 Å². The van der Waals surface area contributed by atoms with Crippen LogP contribution in [0.5, 0.6) is 0 Å². The fraction of sp³-hybridized carbons (Fsp3) is 0.200. The molecule has 0 saturated heterocycles. The fourth-order valence-corrected chi connectivity index (χ4v) is 3.33. The zero-order valence-corrected chi connectivity index (χ0v) is 12.8. The van der Waals surface area contributed by atoms with Crippen molar-refractivity contribution < 1.29 is 5.11 Å². The molecule has 3 aromatic rings. The Morgan fingerprint density at radius 3 is 2.76 bits per heavy atom. The number of halogens is 1. The highest BCUT2D eigenvalue weighted by Gasteiger charge is 2.14. The van der Waals surface area contributed by atoms with Crippen LogP contribution in [0.4, 0.5) is 5.82 Å². The standard InChI is InChI=1S/C15H14ClN3OS/c16-15-18-13(17-7-4-8-20)12-11(9-21-14(12)19-15)10-5-2-1-3-6-10/h1-3,5-6,9,20H,4,7-8H2,(H,17,18,19). The first kappa shape index (κ1) is 14.3. The molecule has 0 atom stereocenters.